The molecule has 0 unspecified atom stereocenters. The maximum atomic E-state index is 13.7. The minimum atomic E-state index is -3.74. The molecule has 0 bridgehead atoms. The van der Waals surface area contributed by atoms with Crippen LogP contribution < -0.4 is 9.62 Å². The molecule has 0 fully saturated rings. The van der Waals surface area contributed by atoms with Gasteiger partial charge in [-0.2, -0.15) is 5.26 Å². The highest BCUT2D eigenvalue weighted by atomic mass is 32.2. The first-order chi connectivity index (χ1) is 20.6. The highest BCUT2D eigenvalue weighted by Crippen LogP contribution is 2.42. The third-order valence-electron chi connectivity index (χ3n) is 7.33. The lowest BCUT2D eigenvalue weighted by Crippen LogP contribution is -2.25. The molecule has 2 N–H and O–H groups in total. The molecule has 6 aromatic rings. The summed E-state index contributed by atoms with van der Waals surface area (Å²) in [5.41, 5.74) is 4.40. The van der Waals surface area contributed by atoms with Gasteiger partial charge in [0.15, 0.2) is 0 Å². The first-order valence-electron chi connectivity index (χ1n) is 13.1. The van der Waals surface area contributed by atoms with E-state index in [4.69, 9.17) is 4.42 Å². The number of nitrogens with zero attached hydrogens (tertiary/aromatic N) is 3. The molecule has 0 saturated heterocycles. The molecular formula is C32H24FN5O4S. The van der Waals surface area contributed by atoms with Crippen LogP contribution in [0.25, 0.3) is 55.6 Å². The number of nitriles is 1. The van der Waals surface area contributed by atoms with E-state index in [0.717, 1.165) is 21.5 Å². The highest BCUT2D eigenvalue weighted by molar-refractivity contribution is 7.92. The zero-order valence-electron chi connectivity index (χ0n) is 23.3. The van der Waals surface area contributed by atoms with Crippen LogP contribution in [0.5, 0.6) is 0 Å². The molecule has 3 aromatic carbocycles. The van der Waals surface area contributed by atoms with Crippen molar-refractivity contribution in [3.05, 3.63) is 96.1 Å². The molecule has 6 rings (SSSR count). The predicted octanol–water partition coefficient (Wildman–Crippen LogP) is 6.08. The number of benzene rings is 3. The van der Waals surface area contributed by atoms with Crippen molar-refractivity contribution in [1.29, 1.82) is 5.26 Å². The number of aromatic nitrogens is 2. The van der Waals surface area contributed by atoms with Gasteiger partial charge in [0, 0.05) is 70.6 Å². The van der Waals surface area contributed by atoms with Crippen LogP contribution in [-0.2, 0) is 10.0 Å². The monoisotopic (exact) mass is 593 g/mol. The maximum absolute atomic E-state index is 13.7. The number of nitrogens with one attached hydrogen (secondary N) is 2. The topological polar surface area (TPSA) is 132 Å². The van der Waals surface area contributed by atoms with Gasteiger partial charge in [0.1, 0.15) is 28.9 Å². The van der Waals surface area contributed by atoms with Gasteiger partial charge in [-0.05, 0) is 48.5 Å². The number of halogens is 1. The third-order valence-corrected chi connectivity index (χ3v) is 8.52. The number of pyridine rings is 1. The number of fused-ring (bicyclic) bond motifs is 2. The van der Waals surface area contributed by atoms with Crippen LogP contribution in [0.4, 0.5) is 10.1 Å². The number of furan rings is 1. The van der Waals surface area contributed by atoms with E-state index in [2.05, 4.69) is 21.4 Å². The van der Waals surface area contributed by atoms with E-state index in [1.807, 2.05) is 30.3 Å². The van der Waals surface area contributed by atoms with E-state index in [1.165, 1.54) is 44.6 Å². The fourth-order valence-electron chi connectivity index (χ4n) is 5.08. The van der Waals surface area contributed by atoms with Gasteiger partial charge in [-0.25, -0.2) is 17.8 Å². The molecule has 43 heavy (non-hydrogen) atoms. The number of carbonyl (C=O) groups excluding carboxylic acids is 1. The standard InChI is InChI=1S/C32H24FN5O4S/c1-35-32(39)30-24-14-22(20-12-23(27(16-34)36-17-20)26-13-19-6-4-5-7-25(19)37-26)28(38(2)43(3,40)41)15-29(24)42-31(30)18-8-10-21(33)11-9-18/h4-15,17,37H,1-3H3,(H,35,39). The zero-order valence-corrected chi connectivity index (χ0v) is 24.1. The number of carbonyl (C=O) groups is 1. The molecule has 1 amide bonds. The Balaban J connectivity index is 1.64. The van der Waals surface area contributed by atoms with E-state index < -0.39 is 21.7 Å². The van der Waals surface area contributed by atoms with Crippen molar-refractivity contribution in [1.82, 2.24) is 15.3 Å². The van der Waals surface area contributed by atoms with Gasteiger partial charge in [0.25, 0.3) is 5.91 Å². The SMILES string of the molecule is CNC(=O)c1c(-c2ccc(F)cc2)oc2cc(N(C)S(C)(=O)=O)c(-c3cnc(C#N)c(-c4cc5ccccc5[nH]4)c3)cc12. The summed E-state index contributed by atoms with van der Waals surface area (Å²) in [7, 11) is -0.835. The minimum Gasteiger partial charge on any atom is -0.455 e. The van der Waals surface area contributed by atoms with Crippen molar-refractivity contribution in [2.24, 2.45) is 0 Å². The number of H-pyrrole nitrogens is 1. The Hall–Kier alpha value is -5.47. The number of para-hydroxylation sites is 1. The van der Waals surface area contributed by atoms with Crippen molar-refractivity contribution < 1.29 is 22.0 Å². The van der Waals surface area contributed by atoms with E-state index >= 15 is 0 Å². The zero-order chi connectivity index (χ0) is 30.5. The Bertz CT molecular complexity index is 2180. The van der Waals surface area contributed by atoms with E-state index in [0.29, 0.717) is 33.3 Å². The molecule has 11 heteroatoms. The van der Waals surface area contributed by atoms with Gasteiger partial charge in [-0.1, -0.05) is 18.2 Å². The second-order valence-electron chi connectivity index (χ2n) is 9.99. The quantitative estimate of drug-likeness (QED) is 0.241. The lowest BCUT2D eigenvalue weighted by Gasteiger charge is -2.21. The van der Waals surface area contributed by atoms with Gasteiger partial charge in [0.2, 0.25) is 10.0 Å². The molecule has 3 heterocycles. The smallest absolute Gasteiger partial charge is 0.255 e. The first kappa shape index (κ1) is 27.7. The molecule has 0 spiro atoms. The van der Waals surface area contributed by atoms with E-state index in [-0.39, 0.29) is 28.3 Å². The van der Waals surface area contributed by atoms with Crippen molar-refractivity contribution in [2.75, 3.05) is 24.7 Å². The normalized spacial score (nSPS) is 11.5. The summed E-state index contributed by atoms with van der Waals surface area (Å²) in [5.74, 6) is -0.680. The van der Waals surface area contributed by atoms with Gasteiger partial charge in [-0.15, -0.1) is 0 Å². The van der Waals surface area contributed by atoms with Gasteiger partial charge in [-0.3, -0.25) is 9.10 Å². The average Bonchev–Trinajstić information content (AvgIpc) is 3.61. The summed E-state index contributed by atoms with van der Waals surface area (Å²) in [6.45, 7) is 0. The Morgan fingerprint density at radius 1 is 1.05 bits per heavy atom. The predicted molar refractivity (Wildman–Crippen MR) is 163 cm³/mol. The van der Waals surface area contributed by atoms with Crippen LogP contribution in [0.1, 0.15) is 16.1 Å². The van der Waals surface area contributed by atoms with Gasteiger partial charge >= 0.3 is 0 Å². The molecule has 0 radical (unpaired) electrons. The fourth-order valence-corrected chi connectivity index (χ4v) is 5.59. The van der Waals surface area contributed by atoms with Crippen molar-refractivity contribution in [2.45, 2.75) is 0 Å². The van der Waals surface area contributed by atoms with Gasteiger partial charge in [0.05, 0.1) is 17.5 Å². The number of hydrogen-bond donors (Lipinski definition) is 2. The molecular weight excluding hydrogens is 569 g/mol. The van der Waals surface area contributed by atoms with E-state index in [1.54, 1.807) is 18.2 Å². The summed E-state index contributed by atoms with van der Waals surface area (Å²) >= 11 is 0. The Labute approximate surface area is 246 Å². The summed E-state index contributed by atoms with van der Waals surface area (Å²) < 4.78 is 46.4. The molecule has 0 saturated carbocycles. The molecule has 3 aromatic heterocycles. The maximum Gasteiger partial charge on any atom is 0.255 e. The van der Waals surface area contributed by atoms with Crippen molar-refractivity contribution in [3.8, 4) is 39.8 Å². The fraction of sp³-hybridized carbons (Fsp3) is 0.0938. The van der Waals surface area contributed by atoms with Crippen LogP contribution in [-0.4, -0.2) is 44.6 Å². The summed E-state index contributed by atoms with van der Waals surface area (Å²) in [6, 6.07) is 22.2. The number of rotatable bonds is 6. The number of sulfonamides is 1. The lowest BCUT2D eigenvalue weighted by molar-refractivity contribution is 0.0964. The second-order valence-corrected chi connectivity index (χ2v) is 12.0. The third kappa shape index (κ3) is 4.87. The first-order valence-corrected chi connectivity index (χ1v) is 14.9. The summed E-state index contributed by atoms with van der Waals surface area (Å²) in [5, 5.41) is 13.9. The summed E-state index contributed by atoms with van der Waals surface area (Å²) in [6.07, 6.45) is 2.57. The van der Waals surface area contributed by atoms with Crippen LogP contribution >= 0.6 is 0 Å². The molecule has 0 aliphatic rings. The average molecular weight is 594 g/mol. The summed E-state index contributed by atoms with van der Waals surface area (Å²) in [4.78, 5) is 20.9. The van der Waals surface area contributed by atoms with Crippen LogP contribution in [0.3, 0.4) is 0 Å². The molecule has 0 aliphatic heterocycles. The molecule has 0 atom stereocenters. The lowest BCUT2D eigenvalue weighted by atomic mass is 9.97. The minimum absolute atomic E-state index is 0.183. The largest absolute Gasteiger partial charge is 0.455 e. The van der Waals surface area contributed by atoms with Crippen LogP contribution in [0.2, 0.25) is 0 Å². The van der Waals surface area contributed by atoms with Crippen molar-refractivity contribution >= 4 is 43.5 Å². The van der Waals surface area contributed by atoms with Crippen LogP contribution in [0.15, 0.2) is 83.4 Å². The van der Waals surface area contributed by atoms with E-state index in [9.17, 15) is 22.9 Å². The Morgan fingerprint density at radius 3 is 2.47 bits per heavy atom. The van der Waals surface area contributed by atoms with Gasteiger partial charge < -0.3 is 14.7 Å². The number of hydrogen-bond acceptors (Lipinski definition) is 6. The number of aromatic amines is 1. The highest BCUT2D eigenvalue weighted by Gasteiger charge is 2.26. The molecule has 214 valence electrons. The Morgan fingerprint density at radius 2 is 1.79 bits per heavy atom. The second kappa shape index (κ2) is 10.4. The molecule has 0 aliphatic carbocycles. The van der Waals surface area contributed by atoms with Crippen molar-refractivity contribution in [3.63, 3.8) is 0 Å². The molecule has 9 nitrogen and oxygen atoms in total. The van der Waals surface area contributed by atoms with Crippen LogP contribution in [0, 0.1) is 17.1 Å². The number of amides is 1. The Kier molecular flexibility index (Phi) is 6.71. The number of anilines is 1.